The monoisotopic (exact) mass is 429 g/mol. The van der Waals surface area contributed by atoms with Gasteiger partial charge in [0.2, 0.25) is 0 Å². The van der Waals surface area contributed by atoms with Crippen molar-refractivity contribution < 1.29 is 18.7 Å². The molecule has 3 N–H and O–H groups in total. The van der Waals surface area contributed by atoms with Gasteiger partial charge in [0, 0.05) is 24.8 Å². The molecule has 0 atom stereocenters. The van der Waals surface area contributed by atoms with Crippen LogP contribution in [0, 0.1) is 12.7 Å². The van der Waals surface area contributed by atoms with E-state index in [1.807, 2.05) is 6.92 Å². The van der Waals surface area contributed by atoms with Crippen LogP contribution in [0.2, 0.25) is 0 Å². The Labute approximate surface area is 181 Å². The molecule has 0 bridgehead atoms. The number of anilines is 2. The van der Waals surface area contributed by atoms with E-state index in [0.717, 1.165) is 30.6 Å². The second kappa shape index (κ2) is 10.7. The number of hydrogen-bond donors (Lipinski definition) is 3. The maximum absolute atomic E-state index is 14.2. The number of urea groups is 1. The first-order valence-electron chi connectivity index (χ1n) is 10.3. The predicted octanol–water partition coefficient (Wildman–Crippen LogP) is 3.54. The third-order valence-electron chi connectivity index (χ3n) is 5.22. The summed E-state index contributed by atoms with van der Waals surface area (Å²) in [6.07, 6.45) is 3.67. The number of aromatic nitrogens is 1. The number of rotatable bonds is 6. The van der Waals surface area contributed by atoms with Crippen molar-refractivity contribution in [1.82, 2.24) is 15.2 Å². The molecule has 2 aromatic rings. The zero-order chi connectivity index (χ0) is 22.2. The second-order valence-electron chi connectivity index (χ2n) is 7.52. The number of carbonyl (C=O) groups is 2. The molecule has 1 aliphatic rings. The van der Waals surface area contributed by atoms with E-state index >= 15 is 0 Å². The minimum Gasteiger partial charge on any atom is -0.453 e. The van der Waals surface area contributed by atoms with Gasteiger partial charge in [-0.3, -0.25) is 4.98 Å². The molecule has 1 aromatic carbocycles. The number of benzene rings is 1. The van der Waals surface area contributed by atoms with Crippen LogP contribution >= 0.6 is 0 Å². The van der Waals surface area contributed by atoms with Gasteiger partial charge in [-0.2, -0.15) is 0 Å². The lowest BCUT2D eigenvalue weighted by atomic mass is 10.0. The molecule has 3 rings (SSSR count). The van der Waals surface area contributed by atoms with E-state index in [9.17, 15) is 14.0 Å². The average Bonchev–Trinajstić information content (AvgIpc) is 2.77. The predicted molar refractivity (Wildman–Crippen MR) is 117 cm³/mol. The molecule has 1 saturated heterocycles. The quantitative estimate of drug-likeness (QED) is 0.653. The van der Waals surface area contributed by atoms with Gasteiger partial charge >= 0.3 is 12.1 Å². The van der Waals surface area contributed by atoms with Crippen LogP contribution in [0.1, 0.15) is 24.1 Å². The third-order valence-corrected chi connectivity index (χ3v) is 5.22. The van der Waals surface area contributed by atoms with Crippen LogP contribution in [0.4, 0.5) is 25.4 Å². The molecule has 1 fully saturated rings. The summed E-state index contributed by atoms with van der Waals surface area (Å²) in [5.74, 6) is -0.496. The Morgan fingerprint density at radius 1 is 1.19 bits per heavy atom. The van der Waals surface area contributed by atoms with E-state index < -0.39 is 11.8 Å². The molecule has 166 valence electrons. The third kappa shape index (κ3) is 6.65. The summed E-state index contributed by atoms with van der Waals surface area (Å²) in [5, 5.41) is 8.67. The van der Waals surface area contributed by atoms with Gasteiger partial charge in [0.15, 0.2) is 0 Å². The molecule has 1 aliphatic heterocycles. The van der Waals surface area contributed by atoms with Gasteiger partial charge in [-0.1, -0.05) is 6.07 Å². The molecule has 31 heavy (non-hydrogen) atoms. The SMILES string of the molecule is COC(=O)N1CCC(NCCc2ccc(F)c(NC(=O)Nc3ccc(C)nc3)c2)CC1. The number of ether oxygens (including phenoxy) is 1. The maximum atomic E-state index is 14.2. The van der Waals surface area contributed by atoms with Crippen LogP contribution < -0.4 is 16.0 Å². The lowest BCUT2D eigenvalue weighted by Crippen LogP contribution is -2.45. The largest absolute Gasteiger partial charge is 0.453 e. The number of amides is 3. The molecule has 0 spiro atoms. The van der Waals surface area contributed by atoms with Crippen molar-refractivity contribution in [2.45, 2.75) is 32.2 Å². The van der Waals surface area contributed by atoms with E-state index in [-0.39, 0.29) is 11.8 Å². The lowest BCUT2D eigenvalue weighted by molar-refractivity contribution is 0.110. The van der Waals surface area contributed by atoms with Gasteiger partial charge < -0.3 is 25.6 Å². The highest BCUT2D eigenvalue weighted by atomic mass is 19.1. The van der Waals surface area contributed by atoms with Crippen molar-refractivity contribution in [2.24, 2.45) is 0 Å². The zero-order valence-electron chi connectivity index (χ0n) is 17.8. The standard InChI is InChI=1S/C22H28FN5O3/c1-15-3-5-18(14-25-15)26-21(29)27-20-13-16(4-6-19(20)23)7-10-24-17-8-11-28(12-9-17)22(30)31-2/h3-6,13-14,17,24H,7-12H2,1-2H3,(H2,26,27,29). The minimum absolute atomic E-state index is 0.126. The van der Waals surface area contributed by atoms with E-state index in [2.05, 4.69) is 20.9 Å². The van der Waals surface area contributed by atoms with Gasteiger partial charge in [0.25, 0.3) is 0 Å². The molecular formula is C22H28FN5O3. The number of hydrogen-bond acceptors (Lipinski definition) is 5. The second-order valence-corrected chi connectivity index (χ2v) is 7.52. The van der Waals surface area contributed by atoms with Crippen LogP contribution in [0.25, 0.3) is 0 Å². The van der Waals surface area contributed by atoms with Gasteiger partial charge in [0.1, 0.15) is 5.82 Å². The first-order chi connectivity index (χ1) is 14.9. The number of aryl methyl sites for hydroxylation is 1. The van der Waals surface area contributed by atoms with Gasteiger partial charge in [-0.25, -0.2) is 14.0 Å². The fourth-order valence-corrected chi connectivity index (χ4v) is 3.47. The molecule has 8 nitrogen and oxygen atoms in total. The van der Waals surface area contributed by atoms with E-state index in [1.54, 1.807) is 35.4 Å². The number of methoxy groups -OCH3 is 1. The molecule has 0 unspecified atom stereocenters. The Morgan fingerprint density at radius 3 is 2.65 bits per heavy atom. The number of nitrogens with one attached hydrogen (secondary N) is 3. The lowest BCUT2D eigenvalue weighted by Gasteiger charge is -2.31. The van der Waals surface area contributed by atoms with Crippen molar-refractivity contribution in [3.8, 4) is 0 Å². The first kappa shape index (κ1) is 22.5. The van der Waals surface area contributed by atoms with Crippen LogP contribution in [0.5, 0.6) is 0 Å². The molecular weight excluding hydrogens is 401 g/mol. The number of nitrogens with zero attached hydrogens (tertiary/aromatic N) is 2. The Bertz CT molecular complexity index is 899. The number of likely N-dealkylation sites (tertiary alicyclic amines) is 1. The molecule has 3 amide bonds. The highest BCUT2D eigenvalue weighted by Crippen LogP contribution is 2.18. The van der Waals surface area contributed by atoms with Gasteiger partial charge in [0.05, 0.1) is 24.7 Å². The summed E-state index contributed by atoms with van der Waals surface area (Å²) in [4.78, 5) is 29.5. The van der Waals surface area contributed by atoms with Crippen molar-refractivity contribution in [3.63, 3.8) is 0 Å². The van der Waals surface area contributed by atoms with Gasteiger partial charge in [-0.05, 0) is 62.6 Å². The van der Waals surface area contributed by atoms with Crippen molar-refractivity contribution in [3.05, 3.63) is 53.6 Å². The van der Waals surface area contributed by atoms with Crippen LogP contribution in [-0.4, -0.2) is 54.8 Å². The fraction of sp³-hybridized carbons (Fsp3) is 0.409. The Morgan fingerprint density at radius 2 is 1.97 bits per heavy atom. The fourth-order valence-electron chi connectivity index (χ4n) is 3.47. The first-order valence-corrected chi connectivity index (χ1v) is 10.3. The maximum Gasteiger partial charge on any atom is 0.409 e. The van der Waals surface area contributed by atoms with Crippen LogP contribution in [0.15, 0.2) is 36.5 Å². The molecule has 9 heteroatoms. The van der Waals surface area contributed by atoms with Crippen LogP contribution in [0.3, 0.4) is 0 Å². The minimum atomic E-state index is -0.530. The van der Waals surface area contributed by atoms with E-state index in [1.165, 1.54) is 13.2 Å². The van der Waals surface area contributed by atoms with Gasteiger partial charge in [-0.15, -0.1) is 0 Å². The Balaban J connectivity index is 1.46. The average molecular weight is 429 g/mol. The summed E-state index contributed by atoms with van der Waals surface area (Å²) in [5.41, 5.74) is 2.41. The van der Waals surface area contributed by atoms with E-state index in [4.69, 9.17) is 4.74 Å². The van der Waals surface area contributed by atoms with Crippen molar-refractivity contribution in [1.29, 1.82) is 0 Å². The van der Waals surface area contributed by atoms with Crippen molar-refractivity contribution in [2.75, 3.05) is 37.4 Å². The molecule has 2 heterocycles. The highest BCUT2D eigenvalue weighted by Gasteiger charge is 2.22. The highest BCUT2D eigenvalue weighted by molar-refractivity contribution is 5.99. The molecule has 1 aromatic heterocycles. The number of carbonyl (C=O) groups excluding carboxylic acids is 2. The molecule has 0 saturated carbocycles. The summed E-state index contributed by atoms with van der Waals surface area (Å²) in [6.45, 7) is 3.90. The topological polar surface area (TPSA) is 95.6 Å². The molecule has 0 radical (unpaired) electrons. The smallest absolute Gasteiger partial charge is 0.409 e. The van der Waals surface area contributed by atoms with Crippen molar-refractivity contribution >= 4 is 23.5 Å². The van der Waals surface area contributed by atoms with E-state index in [0.29, 0.717) is 31.2 Å². The number of halogens is 1. The molecule has 0 aliphatic carbocycles. The summed E-state index contributed by atoms with van der Waals surface area (Å²) in [6, 6.07) is 8.02. The number of piperidine rings is 1. The zero-order valence-corrected chi connectivity index (χ0v) is 17.8. The van der Waals surface area contributed by atoms with Crippen LogP contribution in [-0.2, 0) is 11.2 Å². The normalized spacial score (nSPS) is 14.2. The Kier molecular flexibility index (Phi) is 7.77. The Hall–Kier alpha value is -3.20. The summed E-state index contributed by atoms with van der Waals surface area (Å²) >= 11 is 0. The summed E-state index contributed by atoms with van der Waals surface area (Å²) < 4.78 is 18.9. The summed E-state index contributed by atoms with van der Waals surface area (Å²) in [7, 11) is 1.39. The number of pyridine rings is 1.